The van der Waals surface area contributed by atoms with Gasteiger partial charge in [0.2, 0.25) is 11.8 Å². The first-order chi connectivity index (χ1) is 22.7. The van der Waals surface area contributed by atoms with Crippen molar-refractivity contribution in [3.63, 3.8) is 0 Å². The van der Waals surface area contributed by atoms with E-state index in [0.717, 1.165) is 23.8 Å². The van der Waals surface area contributed by atoms with Crippen molar-refractivity contribution in [2.24, 2.45) is 0 Å². The molecule has 0 spiro atoms. The van der Waals surface area contributed by atoms with E-state index in [4.69, 9.17) is 13.7 Å². The molecule has 0 bridgehead atoms. The first kappa shape index (κ1) is 38.4. The number of nitrogens with zero attached hydrogens (tertiary/aromatic N) is 1. The van der Waals surface area contributed by atoms with Gasteiger partial charge in [0, 0.05) is 14.2 Å². The molecule has 16 heteroatoms. The Bertz CT molecular complexity index is 1660. The lowest BCUT2D eigenvalue weighted by Crippen LogP contribution is -2.60. The summed E-state index contributed by atoms with van der Waals surface area (Å²) >= 11 is 1.14. The lowest BCUT2D eigenvalue weighted by atomic mass is 9.91. The summed E-state index contributed by atoms with van der Waals surface area (Å²) in [6.07, 6.45) is 1.29. The highest BCUT2D eigenvalue weighted by molar-refractivity contribution is 7.86. The van der Waals surface area contributed by atoms with Crippen molar-refractivity contribution in [2.75, 3.05) is 34.0 Å². The maximum atomic E-state index is 13.7. The van der Waals surface area contributed by atoms with Crippen LogP contribution in [0.15, 0.2) is 65.7 Å². The van der Waals surface area contributed by atoms with Crippen LogP contribution in [-0.2, 0) is 44.6 Å². The zero-order valence-corrected chi connectivity index (χ0v) is 28.9. The van der Waals surface area contributed by atoms with Crippen molar-refractivity contribution in [3.8, 4) is 0 Å². The number of Topliss-reactive ketones (excluding diaryl/α,β-unsaturated/α-hetero) is 1. The molecule has 0 fully saturated rings. The zero-order chi connectivity index (χ0) is 35.5. The second-order valence-electron chi connectivity index (χ2n) is 11.2. The fourth-order valence-corrected chi connectivity index (χ4v) is 6.08. The van der Waals surface area contributed by atoms with Gasteiger partial charge >= 0.3 is 0 Å². The largest absolute Gasteiger partial charge is 0.382 e. The Morgan fingerprint density at radius 3 is 1.98 bits per heavy atom. The van der Waals surface area contributed by atoms with Gasteiger partial charge in [-0.1, -0.05) is 48.0 Å². The van der Waals surface area contributed by atoms with E-state index in [-0.39, 0.29) is 29.4 Å². The minimum absolute atomic E-state index is 0.0868. The number of methoxy groups -OCH3 is 2. The van der Waals surface area contributed by atoms with Gasteiger partial charge in [-0.3, -0.25) is 23.4 Å². The average Bonchev–Trinajstić information content (AvgIpc) is 3.49. The Hall–Kier alpha value is -4.06. The van der Waals surface area contributed by atoms with Crippen LogP contribution in [0.4, 0.5) is 0 Å². The molecule has 1 aromatic heterocycles. The van der Waals surface area contributed by atoms with Crippen LogP contribution >= 0.6 is 11.3 Å². The van der Waals surface area contributed by atoms with Crippen LogP contribution in [0.2, 0.25) is 0 Å². The van der Waals surface area contributed by atoms with Crippen LogP contribution in [0.1, 0.15) is 32.7 Å². The molecule has 2 aromatic carbocycles. The number of hydrogen-bond donors (Lipinski definition) is 4. The van der Waals surface area contributed by atoms with Gasteiger partial charge in [0.05, 0.1) is 35.4 Å². The Morgan fingerprint density at radius 2 is 1.44 bits per heavy atom. The van der Waals surface area contributed by atoms with Crippen molar-refractivity contribution in [2.45, 2.75) is 55.8 Å². The van der Waals surface area contributed by atoms with Crippen molar-refractivity contribution < 1.29 is 46.4 Å². The molecule has 4 atom stereocenters. The lowest BCUT2D eigenvalue weighted by Gasteiger charge is -2.29. The molecule has 0 saturated carbocycles. The van der Waals surface area contributed by atoms with E-state index in [1.807, 2.05) is 0 Å². The van der Waals surface area contributed by atoms with Crippen LogP contribution in [0.25, 0.3) is 0 Å². The number of hydrogen-bond acceptors (Lipinski definition) is 12. The van der Waals surface area contributed by atoms with Gasteiger partial charge in [-0.05, 0) is 44.9 Å². The number of carbonyl (C=O) groups excluding carboxylic acids is 4. The molecule has 0 aliphatic carbocycles. The first-order valence-electron chi connectivity index (χ1n) is 14.8. The van der Waals surface area contributed by atoms with Crippen molar-refractivity contribution >= 4 is 45.0 Å². The first-order valence-corrected chi connectivity index (χ1v) is 17.0. The van der Waals surface area contributed by atoms with E-state index in [0.29, 0.717) is 10.6 Å². The van der Waals surface area contributed by atoms with Gasteiger partial charge in [0.15, 0.2) is 5.78 Å². The minimum Gasteiger partial charge on any atom is -0.382 e. The molecule has 260 valence electrons. The number of rotatable bonds is 18. The smallest absolute Gasteiger partial charge is 0.297 e. The van der Waals surface area contributed by atoms with Gasteiger partial charge in [-0.25, -0.2) is 4.98 Å². The van der Waals surface area contributed by atoms with Crippen LogP contribution in [0, 0.1) is 13.8 Å². The van der Waals surface area contributed by atoms with Gasteiger partial charge in [-0.15, -0.1) is 11.3 Å². The van der Waals surface area contributed by atoms with Crippen molar-refractivity contribution in [1.82, 2.24) is 20.9 Å². The summed E-state index contributed by atoms with van der Waals surface area (Å²) in [6.45, 7) is 3.12. The number of thiazole rings is 1. The van der Waals surface area contributed by atoms with Crippen LogP contribution in [0.3, 0.4) is 0 Å². The highest BCUT2D eigenvalue weighted by Crippen LogP contribution is 2.19. The van der Waals surface area contributed by atoms with Crippen LogP contribution < -0.4 is 16.0 Å². The Labute approximate surface area is 283 Å². The SMILES string of the molecule is COCC(NC(=O)c1cnc(C)s1)C(=O)NC(COC)C(=O)NC(Cc1ccccc1)C(=O)C(C)(O)COS(=O)(=O)c1ccc(C)cc1. The van der Waals surface area contributed by atoms with E-state index in [2.05, 4.69) is 20.9 Å². The maximum absolute atomic E-state index is 13.7. The Morgan fingerprint density at radius 1 is 0.875 bits per heavy atom. The normalized spacial score (nSPS) is 14.6. The van der Waals surface area contributed by atoms with Gasteiger partial charge < -0.3 is 30.5 Å². The molecular formula is C32H40N4O10S2. The summed E-state index contributed by atoms with van der Waals surface area (Å²) in [4.78, 5) is 57.4. The van der Waals surface area contributed by atoms with Crippen LogP contribution in [0.5, 0.6) is 0 Å². The third-order valence-corrected chi connectivity index (χ3v) is 9.21. The molecule has 0 aliphatic rings. The van der Waals surface area contributed by atoms with Gasteiger partial charge in [0.1, 0.15) is 29.2 Å². The number of benzene rings is 2. The third kappa shape index (κ3) is 11.0. The summed E-state index contributed by atoms with van der Waals surface area (Å²) in [6, 6.07) is 10.5. The molecule has 4 unspecified atom stereocenters. The van der Waals surface area contributed by atoms with E-state index in [9.17, 15) is 32.7 Å². The number of nitrogens with one attached hydrogen (secondary N) is 3. The average molecular weight is 705 g/mol. The number of ether oxygens (including phenoxy) is 2. The molecule has 14 nitrogen and oxygen atoms in total. The highest BCUT2D eigenvalue weighted by atomic mass is 32.2. The molecular weight excluding hydrogens is 665 g/mol. The Balaban J connectivity index is 1.78. The molecule has 3 rings (SSSR count). The summed E-state index contributed by atoms with van der Waals surface area (Å²) < 4.78 is 40.8. The summed E-state index contributed by atoms with van der Waals surface area (Å²) in [5.41, 5.74) is -0.926. The van der Waals surface area contributed by atoms with E-state index in [1.54, 1.807) is 56.3 Å². The summed E-state index contributed by atoms with van der Waals surface area (Å²) in [7, 11) is -1.69. The van der Waals surface area contributed by atoms with Crippen molar-refractivity contribution in [3.05, 3.63) is 81.8 Å². The molecule has 4 N–H and O–H groups in total. The predicted molar refractivity (Wildman–Crippen MR) is 176 cm³/mol. The third-order valence-electron chi connectivity index (χ3n) is 7.02. The second kappa shape index (κ2) is 17.4. The van der Waals surface area contributed by atoms with Crippen LogP contribution in [-0.4, -0.2) is 99.8 Å². The minimum atomic E-state index is -4.33. The number of aromatic nitrogens is 1. The number of ketones is 1. The molecule has 48 heavy (non-hydrogen) atoms. The fourth-order valence-electron chi connectivity index (χ4n) is 4.41. The number of amides is 3. The summed E-state index contributed by atoms with van der Waals surface area (Å²) in [5, 5.41) is 19.4. The predicted octanol–water partition coefficient (Wildman–Crippen LogP) is 1.09. The van der Waals surface area contributed by atoms with Gasteiger partial charge in [-0.2, -0.15) is 8.42 Å². The molecule has 1 heterocycles. The fraction of sp³-hybridized carbons (Fsp3) is 0.406. The number of aliphatic hydroxyl groups is 1. The van der Waals surface area contributed by atoms with E-state index >= 15 is 0 Å². The maximum Gasteiger partial charge on any atom is 0.297 e. The molecule has 0 aliphatic heterocycles. The molecule has 0 saturated heterocycles. The van der Waals surface area contributed by atoms with E-state index in [1.165, 1.54) is 32.5 Å². The molecule has 0 radical (unpaired) electrons. The molecule has 3 aromatic rings. The number of carbonyl (C=O) groups is 4. The lowest BCUT2D eigenvalue weighted by molar-refractivity contribution is -0.143. The highest BCUT2D eigenvalue weighted by Gasteiger charge is 2.40. The van der Waals surface area contributed by atoms with Crippen molar-refractivity contribution in [1.29, 1.82) is 0 Å². The second-order valence-corrected chi connectivity index (χ2v) is 14.0. The quantitative estimate of drug-likeness (QED) is 0.138. The number of aryl methyl sites for hydroxylation is 2. The Kier molecular flexibility index (Phi) is 13.9. The van der Waals surface area contributed by atoms with E-state index < -0.39 is 64.0 Å². The monoisotopic (exact) mass is 704 g/mol. The standard InChI is InChI=1S/C32H40N4O10S2/c1-20-11-13-23(14-12-20)48(42,43)46-19-32(3,41)28(37)24(15-22-9-7-6-8-10-22)34-29(38)25(17-44-4)35-30(39)26(18-45-5)36-31(40)27-16-33-21(2)47-27/h6-14,16,24-26,41H,15,17-19H2,1-5H3,(H,34,38)(H,35,39)(H,36,40). The van der Waals surface area contributed by atoms with Gasteiger partial charge in [0.25, 0.3) is 16.0 Å². The topological polar surface area (TPSA) is 199 Å². The zero-order valence-electron chi connectivity index (χ0n) is 27.2. The summed E-state index contributed by atoms with van der Waals surface area (Å²) in [5.74, 6) is -3.11. The molecule has 3 amide bonds.